The number of rotatable bonds is 18. The molecule has 162 valence electrons. The fourth-order valence-electron chi connectivity index (χ4n) is 4.54. The van der Waals surface area contributed by atoms with Crippen molar-refractivity contribution in [1.82, 2.24) is 5.32 Å². The topological polar surface area (TPSA) is 12.0 Å². The van der Waals surface area contributed by atoms with Gasteiger partial charge in [0.2, 0.25) is 0 Å². The van der Waals surface area contributed by atoms with Crippen LogP contribution in [0.3, 0.4) is 0 Å². The van der Waals surface area contributed by atoms with Crippen LogP contribution in [-0.4, -0.2) is 49.1 Å². The summed E-state index contributed by atoms with van der Waals surface area (Å²) >= 11 is 0. The molecule has 0 aromatic heterocycles. The van der Waals surface area contributed by atoms with Crippen LogP contribution < -0.4 is 5.32 Å². The lowest BCUT2D eigenvalue weighted by Gasteiger charge is -2.34. The molecule has 1 N–H and O–H groups in total. The quantitative estimate of drug-likeness (QED) is 0.176. The van der Waals surface area contributed by atoms with Crippen LogP contribution in [0.15, 0.2) is 0 Å². The highest BCUT2D eigenvalue weighted by molar-refractivity contribution is 7.63. The molecule has 0 saturated carbocycles. The van der Waals surface area contributed by atoms with E-state index in [2.05, 4.69) is 33.0 Å². The van der Waals surface area contributed by atoms with E-state index in [0.717, 1.165) is 11.3 Å². The van der Waals surface area contributed by atoms with Gasteiger partial charge >= 0.3 is 0 Å². The van der Waals surface area contributed by atoms with Gasteiger partial charge in [0.1, 0.15) is 0 Å². The van der Waals surface area contributed by atoms with Gasteiger partial charge in [0, 0.05) is 13.1 Å². The van der Waals surface area contributed by atoms with Gasteiger partial charge in [0.15, 0.2) is 0 Å². The molecule has 0 amide bonds. The van der Waals surface area contributed by atoms with Gasteiger partial charge < -0.3 is 5.32 Å². The first-order chi connectivity index (χ1) is 13.3. The van der Waals surface area contributed by atoms with Gasteiger partial charge in [-0.05, 0) is 61.6 Å². The Hall–Kier alpha value is 0.820. The number of unbranched alkanes of at least 4 members (excludes halogenated alkanes) is 8. The van der Waals surface area contributed by atoms with Crippen LogP contribution >= 0.6 is 15.8 Å². The third-order valence-electron chi connectivity index (χ3n) is 6.28. The maximum atomic E-state index is 3.88. The van der Waals surface area contributed by atoms with Gasteiger partial charge in [-0.3, -0.25) is 0 Å². The lowest BCUT2D eigenvalue weighted by Crippen LogP contribution is -2.25. The molecule has 1 fully saturated rings. The van der Waals surface area contributed by atoms with Crippen molar-refractivity contribution in [1.29, 1.82) is 0 Å². The van der Waals surface area contributed by atoms with Crippen molar-refractivity contribution >= 4 is 15.8 Å². The third kappa shape index (κ3) is 11.0. The third-order valence-corrected chi connectivity index (χ3v) is 13.0. The molecule has 0 aromatic rings. The van der Waals surface area contributed by atoms with E-state index in [9.17, 15) is 0 Å². The van der Waals surface area contributed by atoms with Crippen LogP contribution in [-0.2, 0) is 0 Å². The highest BCUT2D eigenvalue weighted by Crippen LogP contribution is 2.56. The summed E-state index contributed by atoms with van der Waals surface area (Å²) in [5.74, 6) is 0. The number of hydrogen-bond acceptors (Lipinski definition) is 1. The average molecular weight is 416 g/mol. The Bertz CT molecular complexity index is 274. The van der Waals surface area contributed by atoms with E-state index in [0.29, 0.717) is 0 Å². The maximum absolute atomic E-state index is 3.88. The Kier molecular flexibility index (Phi) is 16.9. The second kappa shape index (κ2) is 17.7. The Morgan fingerprint density at radius 1 is 0.519 bits per heavy atom. The van der Waals surface area contributed by atoms with E-state index >= 15 is 0 Å². The molecule has 2 unspecified atom stereocenters. The van der Waals surface area contributed by atoms with Crippen molar-refractivity contribution < 1.29 is 0 Å². The molecule has 1 saturated heterocycles. The molecule has 1 rings (SSSR count). The van der Waals surface area contributed by atoms with Crippen molar-refractivity contribution in [2.75, 3.05) is 37.7 Å². The molecule has 1 aliphatic heterocycles. The Labute approximate surface area is 175 Å². The molecule has 27 heavy (non-hydrogen) atoms. The normalized spacial score (nSPS) is 20.2. The lowest BCUT2D eigenvalue weighted by atomic mass is 10.3. The zero-order valence-corrected chi connectivity index (χ0v) is 21.1. The van der Waals surface area contributed by atoms with Crippen molar-refractivity contribution in [3.05, 3.63) is 0 Å². The summed E-state index contributed by atoms with van der Waals surface area (Å²) < 4.78 is 0. The van der Waals surface area contributed by atoms with E-state index < -0.39 is 0 Å². The first kappa shape index (κ1) is 25.9. The molecule has 1 heterocycles. The van der Waals surface area contributed by atoms with Crippen molar-refractivity contribution in [2.45, 2.75) is 116 Å². The van der Waals surface area contributed by atoms with E-state index in [1.807, 2.05) is 0 Å². The van der Waals surface area contributed by atoms with Gasteiger partial charge in [0.25, 0.3) is 0 Å². The minimum Gasteiger partial charge on any atom is -0.315 e. The molecule has 0 aliphatic carbocycles. The molecule has 2 atom stereocenters. The van der Waals surface area contributed by atoms with Gasteiger partial charge in [-0.2, -0.15) is 0 Å². The van der Waals surface area contributed by atoms with Crippen molar-refractivity contribution in [3.8, 4) is 0 Å². The molecule has 0 spiro atoms. The average Bonchev–Trinajstić information content (AvgIpc) is 3.15. The highest BCUT2D eigenvalue weighted by atomic mass is 31.1. The zero-order chi connectivity index (χ0) is 19.7. The van der Waals surface area contributed by atoms with Crippen LogP contribution in [0.1, 0.15) is 105 Å². The largest absolute Gasteiger partial charge is 0.315 e. The minimum atomic E-state index is 0.260. The SMILES string of the molecule is CCCCCP(CCCCC)C1CNCC1P(CCCCC)CCCCC. The second-order valence-corrected chi connectivity index (χ2v) is 14.2. The smallest absolute Gasteiger partial charge is 0.00258 e. The summed E-state index contributed by atoms with van der Waals surface area (Å²) in [7, 11) is 0.519. The van der Waals surface area contributed by atoms with Crippen molar-refractivity contribution in [2.24, 2.45) is 0 Å². The molecule has 1 aliphatic rings. The summed E-state index contributed by atoms with van der Waals surface area (Å²) in [6.45, 7) is 12.2. The lowest BCUT2D eigenvalue weighted by molar-refractivity contribution is 0.749. The van der Waals surface area contributed by atoms with E-state index in [1.54, 1.807) is 24.6 Å². The van der Waals surface area contributed by atoms with Gasteiger partial charge in [0.05, 0.1) is 0 Å². The van der Waals surface area contributed by atoms with E-state index in [1.165, 1.54) is 90.1 Å². The standard InChI is InChI=1S/C24H51NP2/c1-5-9-13-17-26(18-14-10-6-2)23-21-25-22-24(23)27(19-15-11-7-3)20-16-12-8-4/h23-25H,5-22H2,1-4H3. The summed E-state index contributed by atoms with van der Waals surface area (Å²) in [4.78, 5) is 0. The monoisotopic (exact) mass is 415 g/mol. The fraction of sp³-hybridized carbons (Fsp3) is 1.00. The molecular weight excluding hydrogens is 364 g/mol. The predicted molar refractivity (Wildman–Crippen MR) is 132 cm³/mol. The van der Waals surface area contributed by atoms with Crippen LogP contribution in [0.25, 0.3) is 0 Å². The molecule has 1 nitrogen and oxygen atoms in total. The first-order valence-corrected chi connectivity index (χ1v) is 16.0. The Morgan fingerprint density at radius 3 is 1.07 bits per heavy atom. The van der Waals surface area contributed by atoms with Crippen LogP contribution in [0.2, 0.25) is 0 Å². The molecule has 0 bridgehead atoms. The van der Waals surface area contributed by atoms with Crippen molar-refractivity contribution in [3.63, 3.8) is 0 Å². The summed E-state index contributed by atoms with van der Waals surface area (Å²) in [6, 6.07) is 0. The maximum Gasteiger partial charge on any atom is 0.00258 e. The Morgan fingerprint density at radius 2 is 0.815 bits per heavy atom. The Balaban J connectivity index is 2.71. The van der Waals surface area contributed by atoms with Crippen LogP contribution in [0.4, 0.5) is 0 Å². The zero-order valence-electron chi connectivity index (χ0n) is 19.3. The van der Waals surface area contributed by atoms with Gasteiger partial charge in [-0.1, -0.05) is 79.1 Å². The van der Waals surface area contributed by atoms with Crippen LogP contribution in [0.5, 0.6) is 0 Å². The minimum absolute atomic E-state index is 0.260. The second-order valence-electron chi connectivity index (χ2n) is 8.69. The number of nitrogens with one attached hydrogen (secondary N) is 1. The molecule has 3 heteroatoms. The number of hydrogen-bond donors (Lipinski definition) is 1. The molecular formula is C24H51NP2. The highest BCUT2D eigenvalue weighted by Gasteiger charge is 2.36. The summed E-state index contributed by atoms with van der Waals surface area (Å²) in [6.07, 6.45) is 23.6. The van der Waals surface area contributed by atoms with Crippen LogP contribution in [0, 0.1) is 0 Å². The van der Waals surface area contributed by atoms with E-state index in [-0.39, 0.29) is 15.8 Å². The van der Waals surface area contributed by atoms with E-state index in [4.69, 9.17) is 0 Å². The molecule has 0 radical (unpaired) electrons. The summed E-state index contributed by atoms with van der Waals surface area (Å²) in [5, 5.41) is 3.88. The predicted octanol–water partition coefficient (Wildman–Crippen LogP) is 8.05. The van der Waals surface area contributed by atoms with Gasteiger partial charge in [-0.25, -0.2) is 0 Å². The summed E-state index contributed by atoms with van der Waals surface area (Å²) in [5.41, 5.74) is 2.12. The first-order valence-electron chi connectivity index (χ1n) is 12.5. The van der Waals surface area contributed by atoms with Gasteiger partial charge in [-0.15, -0.1) is 15.8 Å². The fourth-order valence-corrected chi connectivity index (χ4v) is 11.9. The molecule has 0 aromatic carbocycles.